The van der Waals surface area contributed by atoms with Crippen LogP contribution in [0.1, 0.15) is 67.7 Å². The molecule has 9 aromatic carbocycles. The van der Waals surface area contributed by atoms with Gasteiger partial charge in [0.2, 0.25) is 0 Å². The van der Waals surface area contributed by atoms with E-state index in [-0.39, 0.29) is 109 Å². The maximum absolute atomic E-state index is 13.9. The van der Waals surface area contributed by atoms with Gasteiger partial charge < -0.3 is 50.6 Å². The molecule has 0 bridgehead atoms. The number of anilines is 3. The zero-order valence-corrected chi connectivity index (χ0v) is 49.2. The Morgan fingerprint density at radius 2 is 0.693 bits per heavy atom. The maximum atomic E-state index is 13.9. The fraction of sp³-hybridized carbons (Fsp3) is 0.0164. The van der Waals surface area contributed by atoms with Crippen molar-refractivity contribution in [2.45, 2.75) is 6.61 Å². The highest BCUT2D eigenvalue weighted by molar-refractivity contribution is 6.43. The molecule has 27 heteroatoms. The van der Waals surface area contributed by atoms with E-state index < -0.39 is 65.5 Å². The lowest BCUT2D eigenvalue weighted by molar-refractivity contribution is 0.0686. The number of rotatable bonds is 16. The third-order valence-electron chi connectivity index (χ3n) is 11.6. The Morgan fingerprint density at radius 1 is 0.352 bits per heavy atom. The number of carbonyl (C=O) groups excluding carboxylic acids is 3. The van der Waals surface area contributed by atoms with E-state index in [1.165, 1.54) is 127 Å². The summed E-state index contributed by atoms with van der Waals surface area (Å²) in [7, 11) is 0. The fourth-order valence-corrected chi connectivity index (χ4v) is 8.41. The molecule has 9 rings (SSSR count). The first-order valence-electron chi connectivity index (χ1n) is 24.5. The van der Waals surface area contributed by atoms with Crippen LogP contribution >= 0.6 is 81.2 Å². The summed E-state index contributed by atoms with van der Waals surface area (Å²) in [5, 5.41) is 44.3. The number of hydrogen-bond donors (Lipinski definition) is 7. The Labute approximate surface area is 529 Å². The molecule has 0 aliphatic carbocycles. The van der Waals surface area contributed by atoms with Crippen LogP contribution in [-0.4, -0.2) is 56.1 Å². The minimum Gasteiger partial charge on any atom is -0.478 e. The molecule has 0 heterocycles. The van der Waals surface area contributed by atoms with Gasteiger partial charge in [0.25, 0.3) is 17.7 Å². The molecule has 0 aromatic heterocycles. The molecular formula is C61H36Cl7F4N3O13. The minimum absolute atomic E-state index is 0.00619. The second-order valence-corrected chi connectivity index (χ2v) is 20.5. The number of nitrogens with one attached hydrogen (secondary N) is 3. The smallest absolute Gasteiger partial charge is 0.335 e. The third-order valence-corrected chi connectivity index (χ3v) is 14.1. The zero-order chi connectivity index (χ0) is 64.1. The molecule has 0 atom stereocenters. The number of aliphatic hydroxyl groups excluding tert-OH is 1. The number of benzene rings is 9. The number of aromatic carboxylic acids is 3. The Bertz CT molecular complexity index is 3990. The van der Waals surface area contributed by atoms with Gasteiger partial charge in [0, 0.05) is 53.0 Å². The van der Waals surface area contributed by atoms with Gasteiger partial charge in [-0.2, -0.15) is 0 Å². The normalized spacial score (nSPS) is 10.5. The number of hydrogen-bond acceptors (Lipinski definition) is 10. The van der Waals surface area contributed by atoms with E-state index >= 15 is 0 Å². The van der Waals surface area contributed by atoms with E-state index in [2.05, 4.69) is 16.0 Å². The van der Waals surface area contributed by atoms with Crippen molar-refractivity contribution in [2.24, 2.45) is 0 Å². The first kappa shape index (κ1) is 66.4. The molecule has 0 fully saturated rings. The molecule has 0 radical (unpaired) electrons. The van der Waals surface area contributed by atoms with Crippen molar-refractivity contribution in [1.29, 1.82) is 0 Å². The van der Waals surface area contributed by atoms with Crippen LogP contribution in [0, 0.1) is 23.3 Å². The highest BCUT2D eigenvalue weighted by atomic mass is 35.5. The van der Waals surface area contributed by atoms with Crippen LogP contribution in [-0.2, 0) is 6.61 Å². The summed E-state index contributed by atoms with van der Waals surface area (Å²) in [4.78, 5) is 71.0. The predicted molar refractivity (Wildman–Crippen MR) is 324 cm³/mol. The lowest BCUT2D eigenvalue weighted by Crippen LogP contribution is -2.13. The van der Waals surface area contributed by atoms with E-state index in [4.69, 9.17) is 116 Å². The van der Waals surface area contributed by atoms with Gasteiger partial charge in [-0.25, -0.2) is 31.9 Å². The average Bonchev–Trinajstić information content (AvgIpc) is 3.26. The minimum atomic E-state index is -1.11. The van der Waals surface area contributed by atoms with Crippen LogP contribution in [0.25, 0.3) is 0 Å². The summed E-state index contributed by atoms with van der Waals surface area (Å²) >= 11 is 42.1. The fourth-order valence-electron chi connectivity index (χ4n) is 7.25. The average molecular weight is 1340 g/mol. The molecule has 0 saturated carbocycles. The van der Waals surface area contributed by atoms with Gasteiger partial charge in [0.05, 0.1) is 75.1 Å². The molecule has 0 spiro atoms. The van der Waals surface area contributed by atoms with Crippen LogP contribution in [0.15, 0.2) is 164 Å². The number of carboxylic acid groups (broad SMARTS) is 3. The van der Waals surface area contributed by atoms with Crippen LogP contribution in [0.4, 0.5) is 34.6 Å². The van der Waals surface area contributed by atoms with Crippen molar-refractivity contribution in [3.05, 3.63) is 261 Å². The van der Waals surface area contributed by atoms with E-state index in [0.717, 1.165) is 30.3 Å². The quantitative estimate of drug-likeness (QED) is 0.0446. The summed E-state index contributed by atoms with van der Waals surface area (Å²) < 4.78 is 70.9. The van der Waals surface area contributed by atoms with Crippen LogP contribution in [0.2, 0.25) is 35.2 Å². The van der Waals surface area contributed by atoms with E-state index in [0.29, 0.717) is 23.1 Å². The number of aliphatic hydroxyl groups is 1. The summed E-state index contributed by atoms with van der Waals surface area (Å²) in [6.45, 7) is -0.465. The molecule has 7 N–H and O–H groups in total. The van der Waals surface area contributed by atoms with Gasteiger partial charge in [0.15, 0.2) is 11.6 Å². The molecule has 9 aromatic rings. The molecule has 0 aliphatic rings. The lowest BCUT2D eigenvalue weighted by Gasteiger charge is -2.14. The van der Waals surface area contributed by atoms with Crippen LogP contribution in [0.5, 0.6) is 34.5 Å². The van der Waals surface area contributed by atoms with Crippen LogP contribution in [0.3, 0.4) is 0 Å². The molecule has 0 unspecified atom stereocenters. The molecule has 16 nitrogen and oxygen atoms in total. The Balaban J connectivity index is 0.000000188. The summed E-state index contributed by atoms with van der Waals surface area (Å²) in [6, 6.07) is 34.4. The Kier molecular flexibility index (Phi) is 22.7. The predicted octanol–water partition coefficient (Wildman–Crippen LogP) is 17.9. The molecule has 0 aliphatic heterocycles. The highest BCUT2D eigenvalue weighted by Crippen LogP contribution is 2.39. The van der Waals surface area contributed by atoms with Crippen molar-refractivity contribution in [1.82, 2.24) is 0 Å². The van der Waals surface area contributed by atoms with Crippen molar-refractivity contribution >= 4 is 134 Å². The monoisotopic (exact) mass is 1340 g/mol. The van der Waals surface area contributed by atoms with Gasteiger partial charge in [-0.1, -0.05) is 87.3 Å². The van der Waals surface area contributed by atoms with Gasteiger partial charge >= 0.3 is 17.9 Å². The van der Waals surface area contributed by atoms with Crippen molar-refractivity contribution in [2.75, 3.05) is 16.0 Å². The van der Waals surface area contributed by atoms with E-state index in [1.54, 1.807) is 0 Å². The Hall–Kier alpha value is -9.09. The largest absolute Gasteiger partial charge is 0.478 e. The second kappa shape index (κ2) is 30.0. The molecule has 88 heavy (non-hydrogen) atoms. The number of halogens is 11. The maximum Gasteiger partial charge on any atom is 0.335 e. The standard InChI is InChI=1S/C21H14Cl2FNO5.C20H11Cl3FNO4.C20H11Cl2F2NO4/c22-16-8-15(20(27)25-13-4-1-11(2-5-13)21(28)29)19(9-17(16)23)30-14-6-3-12(10-26)18(24)7-14;21-14-8-13(19(26)25-12-4-1-10(2-5-12)20(27)28)18(9-15(14)22)29-17-6-3-11(24)7-16(17)23;21-14-8-13(19(26)25-12-4-1-10(2-5-12)20(27)28)18(9-15(14)22)29-17-6-3-11(23)7-16(17)24/h1-9,26H,10H2,(H,25,27)(H,28,29);2*1-9H,(H,25,26)(H,27,28). The third kappa shape index (κ3) is 17.8. The number of carboxylic acids is 3. The first-order chi connectivity index (χ1) is 41.8. The van der Waals surface area contributed by atoms with Gasteiger partial charge in [-0.05, 0) is 127 Å². The van der Waals surface area contributed by atoms with Gasteiger partial charge in [-0.15, -0.1) is 0 Å². The highest BCUT2D eigenvalue weighted by Gasteiger charge is 2.22. The van der Waals surface area contributed by atoms with E-state index in [9.17, 15) is 46.3 Å². The molecular weight excluding hydrogens is 1310 g/mol. The van der Waals surface area contributed by atoms with Crippen molar-refractivity contribution < 1.29 is 81.0 Å². The molecule has 3 amide bonds. The van der Waals surface area contributed by atoms with Gasteiger partial charge in [-0.3, -0.25) is 14.4 Å². The van der Waals surface area contributed by atoms with Crippen molar-refractivity contribution in [3.63, 3.8) is 0 Å². The van der Waals surface area contributed by atoms with Gasteiger partial charge in [0.1, 0.15) is 46.2 Å². The number of amides is 3. The lowest BCUT2D eigenvalue weighted by atomic mass is 10.1. The number of carbonyl (C=O) groups is 6. The first-order valence-corrected chi connectivity index (χ1v) is 27.2. The Morgan fingerprint density at radius 3 is 1.03 bits per heavy atom. The zero-order valence-electron chi connectivity index (χ0n) is 43.9. The second-order valence-electron chi connectivity index (χ2n) is 17.7. The molecule has 450 valence electrons. The summed E-state index contributed by atoms with van der Waals surface area (Å²) in [6.07, 6.45) is 0. The van der Waals surface area contributed by atoms with E-state index in [1.807, 2.05) is 0 Å². The number of ether oxygens (including phenoxy) is 3. The molecule has 0 saturated heterocycles. The summed E-state index contributed by atoms with van der Waals surface area (Å²) in [5.74, 6) is -8.23. The van der Waals surface area contributed by atoms with Crippen molar-refractivity contribution in [3.8, 4) is 34.5 Å². The SMILES string of the molecule is O=C(O)c1ccc(NC(=O)c2cc(Cl)c(Cl)cc2Oc2ccc(CO)c(F)c2)cc1.O=C(O)c1ccc(NC(=O)c2cc(Cl)c(Cl)cc2Oc2ccc(F)cc2Cl)cc1.O=C(O)c1ccc(NC(=O)c2cc(Cl)c(Cl)cc2Oc2ccc(F)cc2F)cc1. The topological polar surface area (TPSA) is 247 Å². The van der Waals surface area contributed by atoms with Crippen LogP contribution < -0.4 is 30.2 Å². The summed E-state index contributed by atoms with van der Waals surface area (Å²) in [5.41, 5.74) is 1.31.